The molecule has 0 aromatic heterocycles. The number of anilines is 1. The molecule has 104 valence electrons. The summed E-state index contributed by atoms with van der Waals surface area (Å²) >= 11 is 0. The van der Waals surface area contributed by atoms with Crippen LogP contribution >= 0.6 is 0 Å². The van der Waals surface area contributed by atoms with Gasteiger partial charge in [0.2, 0.25) is 0 Å². The zero-order chi connectivity index (χ0) is 14.0. The van der Waals surface area contributed by atoms with E-state index in [1.54, 1.807) is 0 Å². The standard InChI is InChI=1S/C16H24N2O/c1-11-7-8-18(10-13(11)3)16(19)15-6-5-14(17-4)9-12(15)2/h5-6,9,11,13,17H,7-8,10H2,1-4H3. The SMILES string of the molecule is CNc1ccc(C(=O)N2CCC(C)C(C)C2)c(C)c1. The minimum absolute atomic E-state index is 0.180. The van der Waals surface area contributed by atoms with Gasteiger partial charge in [-0.25, -0.2) is 0 Å². The van der Waals surface area contributed by atoms with Gasteiger partial charge in [0.1, 0.15) is 0 Å². The number of rotatable bonds is 2. The summed E-state index contributed by atoms with van der Waals surface area (Å²) < 4.78 is 0. The van der Waals surface area contributed by atoms with E-state index in [9.17, 15) is 4.79 Å². The molecule has 2 unspecified atom stereocenters. The van der Waals surface area contributed by atoms with Gasteiger partial charge in [-0.05, 0) is 48.9 Å². The summed E-state index contributed by atoms with van der Waals surface area (Å²) in [6.45, 7) is 8.29. The molecule has 1 saturated heterocycles. The Morgan fingerprint density at radius 3 is 2.63 bits per heavy atom. The molecule has 0 radical (unpaired) electrons. The van der Waals surface area contributed by atoms with Crippen molar-refractivity contribution in [1.29, 1.82) is 0 Å². The van der Waals surface area contributed by atoms with Gasteiger partial charge in [0.25, 0.3) is 5.91 Å². The topological polar surface area (TPSA) is 32.3 Å². The molecule has 1 aliphatic heterocycles. The molecule has 3 heteroatoms. The maximum absolute atomic E-state index is 12.6. The molecule has 0 spiro atoms. The number of hydrogen-bond acceptors (Lipinski definition) is 2. The molecule has 1 heterocycles. The monoisotopic (exact) mass is 260 g/mol. The summed E-state index contributed by atoms with van der Waals surface area (Å²) in [6, 6.07) is 5.94. The highest BCUT2D eigenvalue weighted by Gasteiger charge is 2.27. The van der Waals surface area contributed by atoms with Gasteiger partial charge in [-0.15, -0.1) is 0 Å². The third-order valence-electron chi connectivity index (χ3n) is 4.37. The number of carbonyl (C=O) groups excluding carboxylic acids is 1. The Labute approximate surface area is 116 Å². The Morgan fingerprint density at radius 2 is 2.05 bits per heavy atom. The van der Waals surface area contributed by atoms with Gasteiger partial charge in [0, 0.05) is 31.4 Å². The number of nitrogens with zero attached hydrogens (tertiary/aromatic N) is 1. The number of aryl methyl sites for hydroxylation is 1. The van der Waals surface area contributed by atoms with Crippen LogP contribution < -0.4 is 5.32 Å². The lowest BCUT2D eigenvalue weighted by Crippen LogP contribution is -2.42. The molecule has 0 bridgehead atoms. The zero-order valence-corrected chi connectivity index (χ0v) is 12.4. The van der Waals surface area contributed by atoms with Crippen LogP contribution in [0.1, 0.15) is 36.2 Å². The molecule has 1 fully saturated rings. The van der Waals surface area contributed by atoms with E-state index in [4.69, 9.17) is 0 Å². The lowest BCUT2D eigenvalue weighted by atomic mass is 9.88. The van der Waals surface area contributed by atoms with Gasteiger partial charge in [-0.1, -0.05) is 13.8 Å². The maximum atomic E-state index is 12.6. The van der Waals surface area contributed by atoms with Crippen molar-refractivity contribution in [2.24, 2.45) is 11.8 Å². The predicted octanol–water partition coefficient (Wildman–Crippen LogP) is 3.15. The molecule has 0 saturated carbocycles. The number of hydrogen-bond donors (Lipinski definition) is 1. The predicted molar refractivity (Wildman–Crippen MR) is 79.6 cm³/mol. The van der Waals surface area contributed by atoms with Crippen LogP contribution in [-0.4, -0.2) is 30.9 Å². The van der Waals surface area contributed by atoms with Crippen molar-refractivity contribution in [1.82, 2.24) is 4.90 Å². The fraction of sp³-hybridized carbons (Fsp3) is 0.562. The van der Waals surface area contributed by atoms with Crippen LogP contribution in [0, 0.1) is 18.8 Å². The Bertz CT molecular complexity index is 470. The molecule has 2 atom stereocenters. The smallest absolute Gasteiger partial charge is 0.254 e. The number of nitrogens with one attached hydrogen (secondary N) is 1. The van der Waals surface area contributed by atoms with E-state index in [0.717, 1.165) is 42.2 Å². The molecule has 1 N–H and O–H groups in total. The Morgan fingerprint density at radius 1 is 1.32 bits per heavy atom. The van der Waals surface area contributed by atoms with Crippen LogP contribution in [0.25, 0.3) is 0 Å². The van der Waals surface area contributed by atoms with Gasteiger partial charge in [-0.3, -0.25) is 4.79 Å². The van der Waals surface area contributed by atoms with Crippen LogP contribution in [0.4, 0.5) is 5.69 Å². The second-order valence-corrected chi connectivity index (χ2v) is 5.77. The van der Waals surface area contributed by atoms with E-state index >= 15 is 0 Å². The van der Waals surface area contributed by atoms with E-state index in [1.807, 2.05) is 37.1 Å². The second-order valence-electron chi connectivity index (χ2n) is 5.77. The molecule has 0 aliphatic carbocycles. The molecular weight excluding hydrogens is 236 g/mol. The van der Waals surface area contributed by atoms with Crippen molar-refractivity contribution in [3.8, 4) is 0 Å². The Kier molecular flexibility index (Phi) is 4.13. The lowest BCUT2D eigenvalue weighted by molar-refractivity contribution is 0.0627. The molecule has 1 aromatic rings. The number of likely N-dealkylation sites (tertiary alicyclic amines) is 1. The van der Waals surface area contributed by atoms with Crippen LogP contribution in [0.15, 0.2) is 18.2 Å². The average Bonchev–Trinajstić information content (AvgIpc) is 2.41. The first-order valence-corrected chi connectivity index (χ1v) is 7.10. The van der Waals surface area contributed by atoms with Crippen molar-refractivity contribution in [2.75, 3.05) is 25.5 Å². The fourth-order valence-corrected chi connectivity index (χ4v) is 2.68. The molecule has 19 heavy (non-hydrogen) atoms. The lowest BCUT2D eigenvalue weighted by Gasteiger charge is -2.35. The van der Waals surface area contributed by atoms with Gasteiger partial charge >= 0.3 is 0 Å². The summed E-state index contributed by atoms with van der Waals surface area (Å²) in [5, 5.41) is 3.10. The molecule has 1 aromatic carbocycles. The van der Waals surface area contributed by atoms with Crippen molar-refractivity contribution >= 4 is 11.6 Å². The Hall–Kier alpha value is -1.51. The van der Waals surface area contributed by atoms with Gasteiger partial charge in [0.05, 0.1) is 0 Å². The van der Waals surface area contributed by atoms with Crippen LogP contribution in [-0.2, 0) is 0 Å². The molecule has 2 rings (SSSR count). The summed E-state index contributed by atoms with van der Waals surface area (Å²) in [5.41, 5.74) is 2.93. The molecule has 1 amide bonds. The normalized spacial score (nSPS) is 23.3. The largest absolute Gasteiger partial charge is 0.388 e. The van der Waals surface area contributed by atoms with E-state index in [0.29, 0.717) is 5.92 Å². The fourth-order valence-electron chi connectivity index (χ4n) is 2.68. The Balaban J connectivity index is 2.16. The first-order valence-electron chi connectivity index (χ1n) is 7.10. The summed E-state index contributed by atoms with van der Waals surface area (Å²) in [6.07, 6.45) is 1.11. The van der Waals surface area contributed by atoms with Gasteiger partial charge < -0.3 is 10.2 Å². The third-order valence-corrected chi connectivity index (χ3v) is 4.37. The van der Waals surface area contributed by atoms with Crippen molar-refractivity contribution in [3.63, 3.8) is 0 Å². The molecule has 1 aliphatic rings. The maximum Gasteiger partial charge on any atom is 0.254 e. The minimum Gasteiger partial charge on any atom is -0.388 e. The third kappa shape index (κ3) is 2.91. The second kappa shape index (κ2) is 5.64. The zero-order valence-electron chi connectivity index (χ0n) is 12.4. The number of amides is 1. The highest BCUT2D eigenvalue weighted by atomic mass is 16.2. The van der Waals surface area contributed by atoms with E-state index in [-0.39, 0.29) is 5.91 Å². The minimum atomic E-state index is 0.180. The number of benzene rings is 1. The molecule has 3 nitrogen and oxygen atoms in total. The van der Waals surface area contributed by atoms with Crippen LogP contribution in [0.3, 0.4) is 0 Å². The van der Waals surface area contributed by atoms with E-state index in [2.05, 4.69) is 19.2 Å². The summed E-state index contributed by atoms with van der Waals surface area (Å²) in [7, 11) is 1.89. The first kappa shape index (κ1) is 13.9. The van der Waals surface area contributed by atoms with Crippen LogP contribution in [0.5, 0.6) is 0 Å². The van der Waals surface area contributed by atoms with Crippen molar-refractivity contribution in [3.05, 3.63) is 29.3 Å². The first-order chi connectivity index (χ1) is 9.02. The summed E-state index contributed by atoms with van der Waals surface area (Å²) in [5.74, 6) is 1.49. The van der Waals surface area contributed by atoms with E-state index < -0.39 is 0 Å². The number of piperidine rings is 1. The molecular formula is C16H24N2O. The summed E-state index contributed by atoms with van der Waals surface area (Å²) in [4.78, 5) is 14.6. The number of carbonyl (C=O) groups is 1. The van der Waals surface area contributed by atoms with Crippen molar-refractivity contribution in [2.45, 2.75) is 27.2 Å². The van der Waals surface area contributed by atoms with Gasteiger partial charge in [-0.2, -0.15) is 0 Å². The highest BCUT2D eigenvalue weighted by Crippen LogP contribution is 2.25. The van der Waals surface area contributed by atoms with Gasteiger partial charge in [0.15, 0.2) is 0 Å². The highest BCUT2D eigenvalue weighted by molar-refractivity contribution is 5.96. The van der Waals surface area contributed by atoms with Crippen molar-refractivity contribution < 1.29 is 4.79 Å². The average molecular weight is 260 g/mol. The van der Waals surface area contributed by atoms with Crippen LogP contribution in [0.2, 0.25) is 0 Å². The van der Waals surface area contributed by atoms with E-state index in [1.165, 1.54) is 0 Å². The quantitative estimate of drug-likeness (QED) is 0.886.